The summed E-state index contributed by atoms with van der Waals surface area (Å²) >= 11 is 5.52. The van der Waals surface area contributed by atoms with Crippen LogP contribution in [0.15, 0.2) is 12.1 Å². The Morgan fingerprint density at radius 2 is 1.70 bits per heavy atom. The average Bonchev–Trinajstić information content (AvgIpc) is 2.27. The van der Waals surface area contributed by atoms with Crippen LogP contribution >= 0.6 is 11.6 Å². The number of rotatable bonds is 2. The number of halogens is 5. The second-order valence-electron chi connectivity index (χ2n) is 5.66. The number of hydrogen-bond donors (Lipinski definition) is 2. The van der Waals surface area contributed by atoms with Crippen molar-refractivity contribution in [2.75, 3.05) is 0 Å². The van der Waals surface area contributed by atoms with Gasteiger partial charge in [-0.2, -0.15) is 13.2 Å². The van der Waals surface area contributed by atoms with Crippen LogP contribution in [0, 0.1) is 11.2 Å². The topological polar surface area (TPSA) is 46.2 Å². The summed E-state index contributed by atoms with van der Waals surface area (Å²) in [7, 11) is 0. The van der Waals surface area contributed by atoms with E-state index in [4.69, 9.17) is 17.3 Å². The predicted octanol–water partition coefficient (Wildman–Crippen LogP) is 3.90. The minimum Gasteiger partial charge on any atom is -0.391 e. The van der Waals surface area contributed by atoms with E-state index >= 15 is 0 Å². The van der Waals surface area contributed by atoms with Gasteiger partial charge in [0.25, 0.3) is 0 Å². The van der Waals surface area contributed by atoms with Gasteiger partial charge in [0, 0.05) is 5.56 Å². The fourth-order valence-corrected chi connectivity index (χ4v) is 2.00. The summed E-state index contributed by atoms with van der Waals surface area (Å²) in [6.45, 7) is 4.77. The van der Waals surface area contributed by atoms with Gasteiger partial charge in [-0.15, -0.1) is 0 Å². The lowest BCUT2D eigenvalue weighted by Crippen LogP contribution is -2.38. The molecule has 0 spiro atoms. The number of aliphatic hydroxyl groups is 1. The summed E-state index contributed by atoms with van der Waals surface area (Å²) in [6.07, 6.45) is -6.15. The highest BCUT2D eigenvalue weighted by Crippen LogP contribution is 2.40. The number of nitrogens with two attached hydrogens (primary N) is 1. The molecule has 0 amide bonds. The van der Waals surface area contributed by atoms with Crippen LogP contribution in [0.2, 0.25) is 5.02 Å². The van der Waals surface area contributed by atoms with E-state index in [1.807, 2.05) is 0 Å². The van der Waals surface area contributed by atoms with Crippen LogP contribution in [0.4, 0.5) is 17.6 Å². The highest BCUT2D eigenvalue weighted by Gasteiger charge is 2.40. The molecule has 7 heteroatoms. The Morgan fingerprint density at radius 3 is 2.10 bits per heavy atom. The summed E-state index contributed by atoms with van der Waals surface area (Å²) in [5, 5.41) is 9.54. The number of hydrogen-bond acceptors (Lipinski definition) is 2. The van der Waals surface area contributed by atoms with Crippen LogP contribution < -0.4 is 5.73 Å². The summed E-state index contributed by atoms with van der Waals surface area (Å²) in [4.78, 5) is 0. The Bertz CT molecular complexity index is 496. The monoisotopic (exact) mass is 313 g/mol. The van der Waals surface area contributed by atoms with Gasteiger partial charge in [0.2, 0.25) is 0 Å². The molecule has 0 aliphatic rings. The first-order valence-corrected chi connectivity index (χ1v) is 6.24. The van der Waals surface area contributed by atoms with Crippen molar-refractivity contribution in [3.8, 4) is 0 Å². The third-order valence-electron chi connectivity index (χ3n) is 3.00. The van der Waals surface area contributed by atoms with Crippen molar-refractivity contribution in [3.05, 3.63) is 34.1 Å². The third-order valence-corrected chi connectivity index (χ3v) is 3.29. The molecule has 114 valence electrons. The SMILES string of the molecule is CC(C)(C)[C@H](O)[C@H](N)c1c(C(F)(F)F)ccc(Cl)c1F. The normalized spacial score (nSPS) is 16.1. The van der Waals surface area contributed by atoms with Gasteiger partial charge < -0.3 is 10.8 Å². The fraction of sp³-hybridized carbons (Fsp3) is 0.538. The lowest BCUT2D eigenvalue weighted by atomic mass is 9.81. The molecule has 1 rings (SSSR count). The molecule has 1 aromatic rings. The molecule has 3 N–H and O–H groups in total. The number of alkyl halides is 3. The van der Waals surface area contributed by atoms with Crippen LogP contribution in [0.5, 0.6) is 0 Å². The standard InChI is InChI=1S/C13H16ClF4NO/c1-12(2,3)11(20)10(19)8-6(13(16,17)18)4-5-7(14)9(8)15/h4-5,10-11,20H,19H2,1-3H3/t10-,11-/m1/s1. The van der Waals surface area contributed by atoms with Crippen molar-refractivity contribution in [2.45, 2.75) is 39.1 Å². The van der Waals surface area contributed by atoms with E-state index in [0.717, 1.165) is 6.07 Å². The maximum Gasteiger partial charge on any atom is 0.416 e. The molecule has 0 saturated carbocycles. The van der Waals surface area contributed by atoms with E-state index in [2.05, 4.69) is 0 Å². The van der Waals surface area contributed by atoms with Gasteiger partial charge >= 0.3 is 6.18 Å². The van der Waals surface area contributed by atoms with Crippen molar-refractivity contribution < 1.29 is 22.7 Å². The minimum atomic E-state index is -4.78. The first-order chi connectivity index (χ1) is 8.87. The number of aliphatic hydroxyl groups excluding tert-OH is 1. The van der Waals surface area contributed by atoms with Crippen molar-refractivity contribution >= 4 is 11.6 Å². The van der Waals surface area contributed by atoms with Crippen LogP contribution in [-0.4, -0.2) is 11.2 Å². The molecule has 2 atom stereocenters. The zero-order chi connectivity index (χ0) is 15.9. The Morgan fingerprint density at radius 1 is 1.20 bits per heavy atom. The maximum atomic E-state index is 14.0. The second kappa shape index (κ2) is 5.50. The van der Waals surface area contributed by atoms with Crippen LogP contribution in [0.25, 0.3) is 0 Å². The zero-order valence-electron chi connectivity index (χ0n) is 11.2. The molecule has 0 aliphatic carbocycles. The molecule has 1 aromatic carbocycles. The Hall–Kier alpha value is -0.850. The van der Waals surface area contributed by atoms with E-state index < -0.39 is 45.7 Å². The van der Waals surface area contributed by atoms with Gasteiger partial charge in [-0.3, -0.25) is 0 Å². The molecule has 0 aliphatic heterocycles. The highest BCUT2D eigenvalue weighted by molar-refractivity contribution is 6.30. The Labute approximate surface area is 119 Å². The summed E-state index contributed by atoms with van der Waals surface area (Å²) in [6, 6.07) is -0.0552. The molecule has 0 radical (unpaired) electrons. The van der Waals surface area contributed by atoms with E-state index in [-0.39, 0.29) is 0 Å². The lowest BCUT2D eigenvalue weighted by Gasteiger charge is -2.32. The first-order valence-electron chi connectivity index (χ1n) is 5.86. The third kappa shape index (κ3) is 3.42. The zero-order valence-corrected chi connectivity index (χ0v) is 12.0. The fourth-order valence-electron chi connectivity index (χ4n) is 1.84. The Balaban J connectivity index is 3.46. The van der Waals surface area contributed by atoms with Gasteiger partial charge in [-0.1, -0.05) is 32.4 Å². The molecule has 0 saturated heterocycles. The summed E-state index contributed by atoms with van der Waals surface area (Å²) < 4.78 is 52.8. The molecule has 0 aromatic heterocycles. The summed E-state index contributed by atoms with van der Waals surface area (Å²) in [5.74, 6) is -1.25. The quantitative estimate of drug-likeness (QED) is 0.813. The van der Waals surface area contributed by atoms with E-state index in [1.165, 1.54) is 0 Å². The van der Waals surface area contributed by atoms with Gasteiger partial charge in [-0.05, 0) is 17.5 Å². The van der Waals surface area contributed by atoms with Crippen LogP contribution in [-0.2, 0) is 6.18 Å². The maximum absolute atomic E-state index is 14.0. The molecular formula is C13H16ClF4NO. The van der Waals surface area contributed by atoms with Crippen LogP contribution in [0.1, 0.15) is 37.9 Å². The molecule has 0 heterocycles. The summed E-state index contributed by atoms with van der Waals surface area (Å²) in [5.41, 5.74) is 2.80. The van der Waals surface area contributed by atoms with Gasteiger partial charge in [0.1, 0.15) is 5.82 Å². The van der Waals surface area contributed by atoms with Crippen LogP contribution in [0.3, 0.4) is 0 Å². The largest absolute Gasteiger partial charge is 0.416 e. The predicted molar refractivity (Wildman–Crippen MR) is 68.8 cm³/mol. The average molecular weight is 314 g/mol. The minimum absolute atomic E-state index is 0.468. The molecule has 0 bridgehead atoms. The van der Waals surface area contributed by atoms with E-state index in [9.17, 15) is 22.7 Å². The van der Waals surface area contributed by atoms with Crippen molar-refractivity contribution in [1.29, 1.82) is 0 Å². The van der Waals surface area contributed by atoms with Crippen molar-refractivity contribution in [1.82, 2.24) is 0 Å². The molecule has 0 unspecified atom stereocenters. The number of benzene rings is 1. The molecular weight excluding hydrogens is 298 g/mol. The van der Waals surface area contributed by atoms with E-state index in [0.29, 0.717) is 6.07 Å². The highest BCUT2D eigenvalue weighted by atomic mass is 35.5. The molecule has 0 fully saturated rings. The van der Waals surface area contributed by atoms with Gasteiger partial charge in [-0.25, -0.2) is 4.39 Å². The lowest BCUT2D eigenvalue weighted by molar-refractivity contribution is -0.139. The van der Waals surface area contributed by atoms with Crippen molar-refractivity contribution in [2.24, 2.45) is 11.1 Å². The smallest absolute Gasteiger partial charge is 0.391 e. The van der Waals surface area contributed by atoms with Gasteiger partial charge in [0.05, 0.1) is 22.7 Å². The van der Waals surface area contributed by atoms with Crippen molar-refractivity contribution in [3.63, 3.8) is 0 Å². The second-order valence-corrected chi connectivity index (χ2v) is 6.06. The van der Waals surface area contributed by atoms with Gasteiger partial charge in [0.15, 0.2) is 0 Å². The molecule has 20 heavy (non-hydrogen) atoms. The molecule has 2 nitrogen and oxygen atoms in total. The van der Waals surface area contributed by atoms with E-state index in [1.54, 1.807) is 20.8 Å². The first kappa shape index (κ1) is 17.2. The Kier molecular flexibility index (Phi) is 4.73.